The Labute approximate surface area is 378 Å². The summed E-state index contributed by atoms with van der Waals surface area (Å²) >= 11 is 6.25. The monoisotopic (exact) mass is 908 g/mol. The molecule has 17 heteroatoms. The molecule has 2 saturated heterocycles. The van der Waals surface area contributed by atoms with E-state index in [-0.39, 0.29) is 46.7 Å². The molecule has 336 valence electrons. The number of amides is 1. The van der Waals surface area contributed by atoms with Gasteiger partial charge in [-0.3, -0.25) is 19.8 Å². The molecule has 64 heavy (non-hydrogen) atoms. The second-order valence-corrected chi connectivity index (χ2v) is 20.4. The molecule has 9 rings (SSSR count). The SMILES string of the molecule is CN1CCC([C@H]2COc3cc(S(=O)(=O)NC(=O)c4ccc(N5CCN(CC6=C(c7ccc(Cl)cc7)CC(C)(C)CC6)CC5)cc4Oc4cnc5[nH]ccc5c4)cc([N+](=O)[O-])c3N2)CC1. The molecule has 2 fully saturated rings. The Kier molecular flexibility index (Phi) is 12.1. The molecule has 0 unspecified atom stereocenters. The number of sulfonamides is 1. The van der Waals surface area contributed by atoms with E-state index in [2.05, 4.69) is 67.7 Å². The van der Waals surface area contributed by atoms with Crippen LogP contribution in [0.2, 0.25) is 5.02 Å². The van der Waals surface area contributed by atoms with E-state index in [1.807, 2.05) is 18.2 Å². The lowest BCUT2D eigenvalue weighted by Crippen LogP contribution is -2.47. The quantitative estimate of drug-likeness (QED) is 0.0855. The van der Waals surface area contributed by atoms with Gasteiger partial charge < -0.3 is 29.6 Å². The van der Waals surface area contributed by atoms with E-state index in [1.54, 1.807) is 30.5 Å². The lowest BCUT2D eigenvalue weighted by atomic mass is 9.72. The van der Waals surface area contributed by atoms with E-state index in [0.29, 0.717) is 11.4 Å². The summed E-state index contributed by atoms with van der Waals surface area (Å²) in [6, 6.07) is 18.9. The molecule has 4 aliphatic rings. The van der Waals surface area contributed by atoms with Crippen LogP contribution in [-0.2, 0) is 10.0 Å². The van der Waals surface area contributed by atoms with Gasteiger partial charge in [-0.25, -0.2) is 18.1 Å². The minimum atomic E-state index is -4.64. The molecule has 2 aromatic heterocycles. The summed E-state index contributed by atoms with van der Waals surface area (Å²) in [7, 11) is -2.58. The normalized spacial score (nSPS) is 19.8. The standard InChI is InChI=1S/C47H53ClN8O7S/c1-47(2)14-10-33(39(26-47)30-4-6-34(48)7-5-30)28-54-18-20-55(21-19-54)35-8-9-38(42(23-35)63-36-22-32-11-15-49-45(32)50-27-36)46(57)52-64(60,61)37-24-41(56(58)59)44-43(25-37)62-29-40(51-44)31-12-16-53(3)17-13-31/h4-9,11,15,22-25,27,31,40,51H,10,12-14,16-21,26,28-29H2,1-3H3,(H,49,50)(H,52,57)/t40-/m1/s1. The predicted molar refractivity (Wildman–Crippen MR) is 248 cm³/mol. The maximum absolute atomic E-state index is 14.1. The van der Waals surface area contributed by atoms with Gasteiger partial charge in [0.1, 0.15) is 23.8 Å². The van der Waals surface area contributed by atoms with Gasteiger partial charge in [0.15, 0.2) is 11.4 Å². The average molecular weight is 910 g/mol. The highest BCUT2D eigenvalue weighted by Gasteiger charge is 2.36. The third-order valence-electron chi connectivity index (χ3n) is 13.2. The van der Waals surface area contributed by atoms with Crippen LogP contribution in [0.5, 0.6) is 17.2 Å². The number of aromatic amines is 1. The third-order valence-corrected chi connectivity index (χ3v) is 14.8. The lowest BCUT2D eigenvalue weighted by molar-refractivity contribution is -0.384. The number of aromatic nitrogens is 2. The topological polar surface area (TPSA) is 175 Å². The van der Waals surface area contributed by atoms with Crippen LogP contribution in [0, 0.1) is 21.4 Å². The first kappa shape index (κ1) is 43.6. The molecule has 5 aromatic rings. The van der Waals surface area contributed by atoms with Crippen molar-refractivity contribution in [3.63, 3.8) is 0 Å². The first-order chi connectivity index (χ1) is 30.7. The van der Waals surface area contributed by atoms with Crippen molar-refractivity contribution in [2.24, 2.45) is 11.3 Å². The zero-order valence-electron chi connectivity index (χ0n) is 36.2. The molecule has 0 bridgehead atoms. The Morgan fingerprint density at radius 3 is 2.55 bits per heavy atom. The molecular formula is C47H53ClN8O7S. The summed E-state index contributed by atoms with van der Waals surface area (Å²) in [5.74, 6) is -0.222. The second kappa shape index (κ2) is 17.7. The average Bonchev–Trinajstić information content (AvgIpc) is 3.75. The largest absolute Gasteiger partial charge is 0.489 e. The van der Waals surface area contributed by atoms with E-state index in [4.69, 9.17) is 21.1 Å². The predicted octanol–water partition coefficient (Wildman–Crippen LogP) is 8.34. The molecule has 15 nitrogen and oxygen atoms in total. The number of nitrogens with one attached hydrogen (secondary N) is 3. The van der Waals surface area contributed by atoms with Gasteiger partial charge in [0, 0.05) is 73.2 Å². The van der Waals surface area contributed by atoms with Crippen molar-refractivity contribution in [3.05, 3.63) is 111 Å². The third kappa shape index (κ3) is 9.41. The van der Waals surface area contributed by atoms with Crippen molar-refractivity contribution in [2.45, 2.75) is 56.9 Å². The zero-order chi connectivity index (χ0) is 44.8. The molecule has 5 heterocycles. The van der Waals surface area contributed by atoms with Gasteiger partial charge >= 0.3 is 0 Å². The molecule has 3 N–H and O–H groups in total. The van der Waals surface area contributed by atoms with Crippen LogP contribution in [0.3, 0.4) is 0 Å². The van der Waals surface area contributed by atoms with Crippen molar-refractivity contribution in [1.82, 2.24) is 24.5 Å². The summed E-state index contributed by atoms with van der Waals surface area (Å²) in [5.41, 5.74) is 5.42. The van der Waals surface area contributed by atoms with Crippen LogP contribution in [0.15, 0.2) is 89.6 Å². The number of carbonyl (C=O) groups excluding carboxylic acids is 1. The van der Waals surface area contributed by atoms with E-state index < -0.39 is 31.4 Å². The first-order valence-corrected chi connectivity index (χ1v) is 23.7. The van der Waals surface area contributed by atoms with Crippen LogP contribution >= 0.6 is 11.6 Å². The van der Waals surface area contributed by atoms with Gasteiger partial charge in [0.2, 0.25) is 0 Å². The number of piperazine rings is 1. The van der Waals surface area contributed by atoms with E-state index in [9.17, 15) is 23.3 Å². The first-order valence-electron chi connectivity index (χ1n) is 21.8. The molecule has 0 spiro atoms. The lowest BCUT2D eigenvalue weighted by Gasteiger charge is -2.39. The number of anilines is 2. The Morgan fingerprint density at radius 2 is 1.80 bits per heavy atom. The number of nitro benzene ring substituents is 1. The van der Waals surface area contributed by atoms with Crippen molar-refractivity contribution >= 4 is 61.2 Å². The molecule has 3 aromatic carbocycles. The smallest absolute Gasteiger partial charge is 0.297 e. The molecule has 0 saturated carbocycles. The van der Waals surface area contributed by atoms with Crippen molar-refractivity contribution in [2.75, 3.05) is 69.7 Å². The highest BCUT2D eigenvalue weighted by atomic mass is 35.5. The molecule has 3 aliphatic heterocycles. The van der Waals surface area contributed by atoms with Crippen LogP contribution in [0.4, 0.5) is 17.1 Å². The molecule has 1 amide bonds. The molecule has 1 aliphatic carbocycles. The molecule has 0 radical (unpaired) electrons. The fraction of sp³-hybridized carbons (Fsp3) is 0.404. The number of halogens is 1. The number of benzene rings is 3. The number of nitrogens with zero attached hydrogens (tertiary/aromatic N) is 5. The summed E-state index contributed by atoms with van der Waals surface area (Å²) < 4.78 is 42.3. The van der Waals surface area contributed by atoms with Crippen LogP contribution in [0.1, 0.15) is 61.9 Å². The van der Waals surface area contributed by atoms with E-state index in [1.165, 1.54) is 29.0 Å². The van der Waals surface area contributed by atoms with E-state index in [0.717, 1.165) is 100 Å². The summed E-state index contributed by atoms with van der Waals surface area (Å²) in [6.45, 7) is 10.7. The number of H-pyrrole nitrogens is 1. The highest BCUT2D eigenvalue weighted by molar-refractivity contribution is 7.90. The van der Waals surface area contributed by atoms with E-state index >= 15 is 0 Å². The number of hydrogen-bond donors (Lipinski definition) is 3. The van der Waals surface area contributed by atoms with Crippen LogP contribution in [0.25, 0.3) is 16.6 Å². The number of likely N-dealkylation sites (tertiary alicyclic amines) is 1. The fourth-order valence-corrected chi connectivity index (χ4v) is 10.6. The van der Waals surface area contributed by atoms with Gasteiger partial charge in [0.25, 0.3) is 21.6 Å². The minimum Gasteiger partial charge on any atom is -0.489 e. The maximum atomic E-state index is 14.1. The number of nitro groups is 1. The van der Waals surface area contributed by atoms with Gasteiger partial charge in [-0.05, 0) is 111 Å². The second-order valence-electron chi connectivity index (χ2n) is 18.3. The fourth-order valence-electron chi connectivity index (χ4n) is 9.44. The van der Waals surface area contributed by atoms with Gasteiger partial charge in [-0.2, -0.15) is 0 Å². The van der Waals surface area contributed by atoms with Gasteiger partial charge in [0.05, 0.1) is 27.6 Å². The zero-order valence-corrected chi connectivity index (χ0v) is 37.8. The molecular weight excluding hydrogens is 856 g/mol. The van der Waals surface area contributed by atoms with Crippen molar-refractivity contribution in [1.29, 1.82) is 0 Å². The van der Waals surface area contributed by atoms with Gasteiger partial charge in [-0.1, -0.05) is 43.2 Å². The number of rotatable bonds is 11. The van der Waals surface area contributed by atoms with Crippen molar-refractivity contribution in [3.8, 4) is 17.2 Å². The number of pyridine rings is 1. The van der Waals surface area contributed by atoms with Crippen LogP contribution < -0.4 is 24.4 Å². The maximum Gasteiger partial charge on any atom is 0.297 e. The number of piperidine rings is 1. The molecule has 1 atom stereocenters. The Morgan fingerprint density at radius 1 is 1.03 bits per heavy atom. The number of allylic oxidation sites excluding steroid dienone is 1. The summed E-state index contributed by atoms with van der Waals surface area (Å²) in [6.07, 6.45) is 8.29. The minimum absolute atomic E-state index is 0.0359. The van der Waals surface area contributed by atoms with Crippen LogP contribution in [-0.4, -0.2) is 105 Å². The Bertz CT molecular complexity index is 2720. The summed E-state index contributed by atoms with van der Waals surface area (Å²) in [5, 5.41) is 17.2. The summed E-state index contributed by atoms with van der Waals surface area (Å²) in [4.78, 5) is 39.8. The number of carbonyl (C=O) groups is 1. The highest BCUT2D eigenvalue weighted by Crippen LogP contribution is 2.44. The van der Waals surface area contributed by atoms with Crippen molar-refractivity contribution < 1.29 is 27.6 Å². The Hall–Kier alpha value is -5.68. The number of ether oxygens (including phenoxy) is 2. The Balaban J connectivity index is 0.943. The van der Waals surface area contributed by atoms with Gasteiger partial charge in [-0.15, -0.1) is 0 Å². The number of hydrogen-bond acceptors (Lipinski definition) is 12. The number of fused-ring (bicyclic) bond motifs is 2.